The number of amides is 1. The molecule has 0 spiro atoms. The zero-order valence-corrected chi connectivity index (χ0v) is 13.1. The van der Waals surface area contributed by atoms with Gasteiger partial charge >= 0.3 is 0 Å². The molecule has 0 unspecified atom stereocenters. The van der Waals surface area contributed by atoms with E-state index in [4.69, 9.17) is 0 Å². The summed E-state index contributed by atoms with van der Waals surface area (Å²) in [6.07, 6.45) is 7.31. The first-order chi connectivity index (χ1) is 11.3. The normalized spacial score (nSPS) is 14.2. The number of nitrogens with zero attached hydrogens (tertiary/aromatic N) is 4. The minimum atomic E-state index is -0.0986. The molecule has 1 amide bonds. The SMILES string of the molecule is O=C1NCCCc2[nH]c(Cc3csc(-c4cnccn4)n3)nc21. The predicted molar refractivity (Wildman–Crippen MR) is 85.2 cm³/mol. The Morgan fingerprint density at radius 3 is 3.09 bits per heavy atom. The molecule has 0 bridgehead atoms. The van der Waals surface area contributed by atoms with Crippen LogP contribution >= 0.6 is 11.3 Å². The second-order valence-electron chi connectivity index (χ2n) is 5.28. The Bertz CT molecular complexity index is 841. The van der Waals surface area contributed by atoms with Crippen LogP contribution < -0.4 is 5.32 Å². The third-order valence-corrected chi connectivity index (χ3v) is 4.53. The number of carbonyl (C=O) groups is 1. The van der Waals surface area contributed by atoms with E-state index in [0.717, 1.165) is 40.8 Å². The first-order valence-electron chi connectivity index (χ1n) is 7.36. The minimum absolute atomic E-state index is 0.0986. The van der Waals surface area contributed by atoms with Crippen molar-refractivity contribution in [2.45, 2.75) is 19.3 Å². The zero-order valence-electron chi connectivity index (χ0n) is 12.2. The molecule has 0 aliphatic carbocycles. The molecule has 0 saturated carbocycles. The van der Waals surface area contributed by atoms with Crippen LogP contribution in [0.3, 0.4) is 0 Å². The molecule has 0 radical (unpaired) electrons. The third kappa shape index (κ3) is 2.85. The number of H-pyrrole nitrogens is 1. The van der Waals surface area contributed by atoms with Crippen LogP contribution in [0.15, 0.2) is 24.0 Å². The summed E-state index contributed by atoms with van der Waals surface area (Å²) in [5.41, 5.74) is 3.10. The van der Waals surface area contributed by atoms with Crippen molar-refractivity contribution in [2.24, 2.45) is 0 Å². The Labute approximate surface area is 136 Å². The van der Waals surface area contributed by atoms with E-state index in [9.17, 15) is 4.79 Å². The van der Waals surface area contributed by atoms with Crippen LogP contribution in [0.2, 0.25) is 0 Å². The number of rotatable bonds is 3. The van der Waals surface area contributed by atoms with Gasteiger partial charge in [0.05, 0.1) is 11.9 Å². The maximum absolute atomic E-state index is 11.9. The summed E-state index contributed by atoms with van der Waals surface area (Å²) in [6, 6.07) is 0. The average Bonchev–Trinajstić information content (AvgIpc) is 3.16. The molecular weight excluding hydrogens is 312 g/mol. The van der Waals surface area contributed by atoms with E-state index in [1.807, 2.05) is 5.38 Å². The van der Waals surface area contributed by atoms with Crippen molar-refractivity contribution in [3.8, 4) is 10.7 Å². The van der Waals surface area contributed by atoms with Crippen molar-refractivity contribution in [2.75, 3.05) is 6.54 Å². The van der Waals surface area contributed by atoms with Crippen LogP contribution in [0.4, 0.5) is 0 Å². The molecule has 0 saturated heterocycles. The number of aromatic nitrogens is 5. The van der Waals surface area contributed by atoms with Crippen LogP contribution in [0.25, 0.3) is 10.7 Å². The lowest BCUT2D eigenvalue weighted by Crippen LogP contribution is -2.23. The number of carbonyl (C=O) groups excluding carboxylic acids is 1. The van der Waals surface area contributed by atoms with Gasteiger partial charge in [-0.05, 0) is 12.8 Å². The molecule has 0 atom stereocenters. The summed E-state index contributed by atoms with van der Waals surface area (Å²) in [4.78, 5) is 32.5. The Morgan fingerprint density at radius 2 is 2.22 bits per heavy atom. The smallest absolute Gasteiger partial charge is 0.271 e. The van der Waals surface area contributed by atoms with Crippen LogP contribution in [-0.2, 0) is 12.8 Å². The average molecular weight is 326 g/mol. The summed E-state index contributed by atoms with van der Waals surface area (Å²) < 4.78 is 0. The molecule has 2 N–H and O–H groups in total. The molecule has 8 heteroatoms. The van der Waals surface area contributed by atoms with E-state index in [1.54, 1.807) is 18.6 Å². The van der Waals surface area contributed by atoms with Crippen molar-refractivity contribution in [1.29, 1.82) is 0 Å². The largest absolute Gasteiger partial charge is 0.351 e. The van der Waals surface area contributed by atoms with Gasteiger partial charge in [0.1, 0.15) is 22.2 Å². The lowest BCUT2D eigenvalue weighted by molar-refractivity contribution is 0.0951. The Morgan fingerprint density at radius 1 is 1.26 bits per heavy atom. The van der Waals surface area contributed by atoms with E-state index in [0.29, 0.717) is 18.7 Å². The Balaban J connectivity index is 1.56. The molecule has 23 heavy (non-hydrogen) atoms. The molecule has 0 fully saturated rings. The number of hydrogen-bond acceptors (Lipinski definition) is 6. The topological polar surface area (TPSA) is 96.5 Å². The predicted octanol–water partition coefficient (Wildman–Crippen LogP) is 1.59. The third-order valence-electron chi connectivity index (χ3n) is 3.61. The molecule has 7 nitrogen and oxygen atoms in total. The summed E-state index contributed by atoms with van der Waals surface area (Å²) in [6.45, 7) is 0.700. The van der Waals surface area contributed by atoms with E-state index in [1.165, 1.54) is 11.3 Å². The monoisotopic (exact) mass is 326 g/mol. The molecule has 116 valence electrons. The van der Waals surface area contributed by atoms with Crippen LogP contribution in [0.1, 0.15) is 34.1 Å². The quantitative estimate of drug-likeness (QED) is 0.762. The first kappa shape index (κ1) is 14.0. The van der Waals surface area contributed by atoms with Crippen molar-refractivity contribution in [1.82, 2.24) is 30.2 Å². The van der Waals surface area contributed by atoms with Crippen LogP contribution in [-0.4, -0.2) is 37.4 Å². The van der Waals surface area contributed by atoms with Crippen LogP contribution in [0, 0.1) is 0 Å². The number of fused-ring (bicyclic) bond motifs is 1. The van der Waals surface area contributed by atoms with Crippen molar-refractivity contribution in [3.63, 3.8) is 0 Å². The zero-order chi connectivity index (χ0) is 15.6. The molecule has 1 aliphatic rings. The highest BCUT2D eigenvalue weighted by Gasteiger charge is 2.20. The van der Waals surface area contributed by atoms with Gasteiger partial charge in [0, 0.05) is 36.4 Å². The second-order valence-corrected chi connectivity index (χ2v) is 6.14. The maximum Gasteiger partial charge on any atom is 0.271 e. The van der Waals surface area contributed by atoms with Crippen molar-refractivity contribution < 1.29 is 4.79 Å². The standard InChI is InChI=1S/C15H14N6OS/c22-14-13-10(2-1-3-18-14)20-12(21-13)6-9-8-23-15(19-9)11-7-16-4-5-17-11/h4-5,7-8H,1-3,6H2,(H,18,22)(H,20,21). The Kier molecular flexibility index (Phi) is 3.58. The van der Waals surface area contributed by atoms with Crippen molar-refractivity contribution in [3.05, 3.63) is 46.9 Å². The van der Waals surface area contributed by atoms with E-state index in [-0.39, 0.29) is 5.91 Å². The lowest BCUT2D eigenvalue weighted by Gasteiger charge is -1.97. The van der Waals surface area contributed by atoms with Gasteiger partial charge in [-0.2, -0.15) is 0 Å². The molecule has 3 aromatic heterocycles. The summed E-state index contributed by atoms with van der Waals surface area (Å²) in [5, 5.41) is 5.67. The van der Waals surface area contributed by atoms with E-state index < -0.39 is 0 Å². The lowest BCUT2D eigenvalue weighted by atomic mass is 10.2. The number of aryl methyl sites for hydroxylation is 1. The number of hydrogen-bond donors (Lipinski definition) is 2. The summed E-state index contributed by atoms with van der Waals surface area (Å²) in [7, 11) is 0. The second kappa shape index (κ2) is 5.88. The fourth-order valence-electron chi connectivity index (χ4n) is 2.55. The molecular formula is C15H14N6OS. The highest BCUT2D eigenvalue weighted by Crippen LogP contribution is 2.22. The molecule has 0 aromatic carbocycles. The van der Waals surface area contributed by atoms with Gasteiger partial charge in [-0.3, -0.25) is 14.8 Å². The highest BCUT2D eigenvalue weighted by atomic mass is 32.1. The van der Waals surface area contributed by atoms with Gasteiger partial charge < -0.3 is 10.3 Å². The number of thiazole rings is 1. The van der Waals surface area contributed by atoms with Gasteiger partial charge in [0.25, 0.3) is 5.91 Å². The molecule has 4 heterocycles. The number of nitrogens with one attached hydrogen (secondary N) is 2. The maximum atomic E-state index is 11.9. The fourth-order valence-corrected chi connectivity index (χ4v) is 3.33. The fraction of sp³-hybridized carbons (Fsp3) is 0.267. The molecule has 4 rings (SSSR count). The highest BCUT2D eigenvalue weighted by molar-refractivity contribution is 7.13. The van der Waals surface area contributed by atoms with Gasteiger partial charge in [0.15, 0.2) is 0 Å². The van der Waals surface area contributed by atoms with E-state index in [2.05, 4.69) is 30.2 Å². The molecule has 3 aromatic rings. The van der Waals surface area contributed by atoms with Gasteiger partial charge in [0.2, 0.25) is 0 Å². The van der Waals surface area contributed by atoms with E-state index >= 15 is 0 Å². The van der Waals surface area contributed by atoms with Gasteiger partial charge in [-0.1, -0.05) is 0 Å². The van der Waals surface area contributed by atoms with Gasteiger partial charge in [-0.15, -0.1) is 11.3 Å². The van der Waals surface area contributed by atoms with Crippen LogP contribution in [0.5, 0.6) is 0 Å². The van der Waals surface area contributed by atoms with Crippen molar-refractivity contribution >= 4 is 17.2 Å². The molecule has 1 aliphatic heterocycles. The first-order valence-corrected chi connectivity index (χ1v) is 8.24. The minimum Gasteiger partial charge on any atom is -0.351 e. The summed E-state index contributed by atoms with van der Waals surface area (Å²) >= 11 is 1.53. The van der Waals surface area contributed by atoms with Gasteiger partial charge in [-0.25, -0.2) is 9.97 Å². The Hall–Kier alpha value is -2.61. The number of imidazole rings is 1. The summed E-state index contributed by atoms with van der Waals surface area (Å²) in [5.74, 6) is 0.668. The number of aromatic amines is 1.